The first kappa shape index (κ1) is 20.6. The quantitative estimate of drug-likeness (QED) is 0.413. The van der Waals surface area contributed by atoms with Gasteiger partial charge in [-0.25, -0.2) is 5.43 Å². The predicted octanol–water partition coefficient (Wildman–Crippen LogP) is 4.45. The molecular weight excluding hydrogens is 390 g/mol. The molecule has 0 bridgehead atoms. The van der Waals surface area contributed by atoms with Crippen LogP contribution >= 0.6 is 0 Å². The number of ether oxygens (including phenoxy) is 1. The van der Waals surface area contributed by atoms with Gasteiger partial charge in [-0.05, 0) is 51.0 Å². The lowest BCUT2D eigenvalue weighted by Gasteiger charge is -2.16. The molecule has 8 heteroatoms. The maximum absolute atomic E-state index is 5.84. The molecule has 1 fully saturated rings. The van der Waals surface area contributed by atoms with Gasteiger partial charge in [0.25, 0.3) is 0 Å². The van der Waals surface area contributed by atoms with E-state index in [4.69, 9.17) is 4.74 Å². The first-order chi connectivity index (χ1) is 15.2. The number of para-hydroxylation sites is 2. The summed E-state index contributed by atoms with van der Waals surface area (Å²) in [6.45, 7) is 5.88. The van der Waals surface area contributed by atoms with E-state index in [0.29, 0.717) is 17.8 Å². The van der Waals surface area contributed by atoms with Gasteiger partial charge in [-0.2, -0.15) is 20.1 Å². The molecule has 31 heavy (non-hydrogen) atoms. The Morgan fingerprint density at radius 1 is 0.935 bits per heavy atom. The first-order valence-corrected chi connectivity index (χ1v) is 10.6. The molecule has 0 amide bonds. The molecule has 0 atom stereocenters. The Balaban J connectivity index is 1.55. The number of nitrogens with one attached hydrogen (secondary N) is 2. The summed E-state index contributed by atoms with van der Waals surface area (Å²) in [4.78, 5) is 15.8. The van der Waals surface area contributed by atoms with E-state index < -0.39 is 0 Å². The highest BCUT2D eigenvalue weighted by Crippen LogP contribution is 2.21. The van der Waals surface area contributed by atoms with Gasteiger partial charge in [0.15, 0.2) is 0 Å². The van der Waals surface area contributed by atoms with Gasteiger partial charge < -0.3 is 15.0 Å². The minimum absolute atomic E-state index is 0.0840. The number of rotatable bonds is 8. The number of hydrogen-bond acceptors (Lipinski definition) is 8. The second kappa shape index (κ2) is 9.88. The van der Waals surface area contributed by atoms with Crippen molar-refractivity contribution < 1.29 is 4.74 Å². The molecule has 2 aromatic carbocycles. The van der Waals surface area contributed by atoms with Gasteiger partial charge in [-0.3, -0.25) is 0 Å². The van der Waals surface area contributed by atoms with E-state index in [-0.39, 0.29) is 6.10 Å². The summed E-state index contributed by atoms with van der Waals surface area (Å²) >= 11 is 0. The van der Waals surface area contributed by atoms with Gasteiger partial charge in [-0.1, -0.05) is 30.3 Å². The third-order valence-corrected chi connectivity index (χ3v) is 4.69. The molecule has 1 saturated heterocycles. The van der Waals surface area contributed by atoms with Crippen molar-refractivity contribution >= 4 is 29.7 Å². The van der Waals surface area contributed by atoms with Crippen LogP contribution in [0.5, 0.6) is 5.75 Å². The Labute approximate surface area is 182 Å². The average molecular weight is 418 g/mol. The normalized spacial score (nSPS) is 13.7. The summed E-state index contributed by atoms with van der Waals surface area (Å²) in [5.41, 5.74) is 4.74. The lowest BCUT2D eigenvalue weighted by Crippen LogP contribution is -2.21. The molecule has 4 rings (SSSR count). The fourth-order valence-electron chi connectivity index (χ4n) is 3.29. The number of nitrogens with zero attached hydrogens (tertiary/aromatic N) is 5. The average Bonchev–Trinajstić information content (AvgIpc) is 3.30. The molecule has 0 unspecified atom stereocenters. The van der Waals surface area contributed by atoms with Crippen molar-refractivity contribution in [2.24, 2.45) is 5.10 Å². The van der Waals surface area contributed by atoms with Crippen LogP contribution in [0.1, 0.15) is 32.3 Å². The lowest BCUT2D eigenvalue weighted by atomic mass is 10.2. The Bertz CT molecular complexity index is 1020. The summed E-state index contributed by atoms with van der Waals surface area (Å²) in [5.74, 6) is 2.29. The summed E-state index contributed by atoms with van der Waals surface area (Å²) < 4.78 is 5.84. The lowest BCUT2D eigenvalue weighted by molar-refractivity contribution is 0.242. The van der Waals surface area contributed by atoms with Crippen LogP contribution in [-0.4, -0.2) is 40.4 Å². The van der Waals surface area contributed by atoms with Crippen LogP contribution in [0.3, 0.4) is 0 Å². The Morgan fingerprint density at radius 2 is 1.65 bits per heavy atom. The number of anilines is 4. The molecule has 8 nitrogen and oxygen atoms in total. The number of benzene rings is 2. The monoisotopic (exact) mass is 417 g/mol. The van der Waals surface area contributed by atoms with Crippen molar-refractivity contribution in [2.45, 2.75) is 32.8 Å². The maximum atomic E-state index is 5.84. The van der Waals surface area contributed by atoms with Gasteiger partial charge in [0.05, 0.1) is 12.3 Å². The van der Waals surface area contributed by atoms with Gasteiger partial charge in [0.2, 0.25) is 17.8 Å². The van der Waals surface area contributed by atoms with Crippen LogP contribution < -0.4 is 20.4 Å². The molecule has 1 aromatic heterocycles. The predicted molar refractivity (Wildman–Crippen MR) is 124 cm³/mol. The third-order valence-electron chi connectivity index (χ3n) is 4.69. The van der Waals surface area contributed by atoms with E-state index in [0.717, 1.165) is 42.9 Å². The van der Waals surface area contributed by atoms with Crippen molar-refractivity contribution in [2.75, 3.05) is 28.7 Å². The smallest absolute Gasteiger partial charge is 0.250 e. The van der Waals surface area contributed by atoms with Crippen molar-refractivity contribution in [1.29, 1.82) is 0 Å². The maximum Gasteiger partial charge on any atom is 0.250 e. The van der Waals surface area contributed by atoms with Crippen molar-refractivity contribution in [3.05, 3.63) is 60.2 Å². The summed E-state index contributed by atoms with van der Waals surface area (Å²) in [7, 11) is 0. The molecule has 2 N–H and O–H groups in total. The van der Waals surface area contributed by atoms with E-state index in [2.05, 4.69) is 35.7 Å². The first-order valence-electron chi connectivity index (χ1n) is 10.6. The second-order valence-electron chi connectivity index (χ2n) is 7.54. The van der Waals surface area contributed by atoms with E-state index in [9.17, 15) is 0 Å². The molecule has 2 heterocycles. The van der Waals surface area contributed by atoms with E-state index in [1.807, 2.05) is 68.4 Å². The van der Waals surface area contributed by atoms with Gasteiger partial charge in [0.1, 0.15) is 5.75 Å². The zero-order chi connectivity index (χ0) is 21.5. The standard InChI is InChI=1S/C23H27N7O/c1-17(2)31-20-13-7-6-10-18(20)16-24-29-22-26-21(25-19-11-4-3-5-12-19)27-23(28-22)30-14-8-9-15-30/h3-7,10-13,16-17H,8-9,14-15H2,1-2H3,(H2,25,26,27,28,29)/b24-16-. The van der Waals surface area contributed by atoms with Crippen molar-refractivity contribution in [1.82, 2.24) is 15.0 Å². The van der Waals surface area contributed by atoms with E-state index >= 15 is 0 Å². The fourth-order valence-corrected chi connectivity index (χ4v) is 3.29. The SMILES string of the molecule is CC(C)Oc1ccccc1/C=N\Nc1nc(Nc2ccccc2)nc(N2CCCC2)n1. The van der Waals surface area contributed by atoms with Gasteiger partial charge >= 0.3 is 0 Å². The van der Waals surface area contributed by atoms with Crippen LogP contribution in [0.15, 0.2) is 59.7 Å². The largest absolute Gasteiger partial charge is 0.490 e. The Morgan fingerprint density at radius 3 is 2.42 bits per heavy atom. The number of aromatic nitrogens is 3. The molecule has 0 saturated carbocycles. The van der Waals surface area contributed by atoms with Gasteiger partial charge in [0, 0.05) is 24.3 Å². The highest BCUT2D eigenvalue weighted by molar-refractivity contribution is 5.83. The summed E-state index contributed by atoms with van der Waals surface area (Å²) in [5, 5.41) is 7.59. The Kier molecular flexibility index (Phi) is 6.56. The molecular formula is C23H27N7O. The molecule has 160 valence electrons. The second-order valence-corrected chi connectivity index (χ2v) is 7.54. The number of hydrazone groups is 1. The fraction of sp³-hybridized carbons (Fsp3) is 0.304. The van der Waals surface area contributed by atoms with E-state index in [1.54, 1.807) is 6.21 Å². The highest BCUT2D eigenvalue weighted by atomic mass is 16.5. The van der Waals surface area contributed by atoms with Crippen molar-refractivity contribution in [3.8, 4) is 5.75 Å². The molecule has 1 aliphatic heterocycles. The molecule has 0 spiro atoms. The Hall–Kier alpha value is -3.68. The zero-order valence-electron chi connectivity index (χ0n) is 17.8. The molecule has 3 aromatic rings. The topological polar surface area (TPSA) is 87.6 Å². The van der Waals surface area contributed by atoms with Gasteiger partial charge in [-0.15, -0.1) is 0 Å². The minimum atomic E-state index is 0.0840. The third kappa shape index (κ3) is 5.69. The van der Waals surface area contributed by atoms with Crippen LogP contribution in [0.25, 0.3) is 0 Å². The molecule has 1 aliphatic rings. The molecule has 0 aliphatic carbocycles. The van der Waals surface area contributed by atoms with Crippen LogP contribution in [-0.2, 0) is 0 Å². The minimum Gasteiger partial charge on any atom is -0.490 e. The number of hydrogen-bond donors (Lipinski definition) is 2. The summed E-state index contributed by atoms with van der Waals surface area (Å²) in [6.07, 6.45) is 4.07. The molecule has 0 radical (unpaired) electrons. The van der Waals surface area contributed by atoms with Crippen LogP contribution in [0.4, 0.5) is 23.5 Å². The van der Waals surface area contributed by atoms with Crippen molar-refractivity contribution in [3.63, 3.8) is 0 Å². The highest BCUT2D eigenvalue weighted by Gasteiger charge is 2.17. The van der Waals surface area contributed by atoms with E-state index in [1.165, 1.54) is 0 Å². The van der Waals surface area contributed by atoms with Crippen LogP contribution in [0, 0.1) is 0 Å². The zero-order valence-corrected chi connectivity index (χ0v) is 17.8. The van der Waals surface area contributed by atoms with Crippen LogP contribution in [0.2, 0.25) is 0 Å². The summed E-state index contributed by atoms with van der Waals surface area (Å²) in [6, 6.07) is 17.6.